The van der Waals surface area contributed by atoms with Gasteiger partial charge in [0.1, 0.15) is 0 Å². The molecule has 0 spiro atoms. The highest BCUT2D eigenvalue weighted by molar-refractivity contribution is 5.57. The first-order valence-electron chi connectivity index (χ1n) is 5.20. The zero-order valence-corrected chi connectivity index (χ0v) is 9.00. The smallest absolute Gasteiger partial charge is 0.263 e. The number of halogens is 2. The van der Waals surface area contributed by atoms with Crippen molar-refractivity contribution in [2.24, 2.45) is 5.92 Å². The second-order valence-corrected chi connectivity index (χ2v) is 4.38. The number of hydrogen-bond acceptors (Lipinski definition) is 1. The van der Waals surface area contributed by atoms with Crippen molar-refractivity contribution in [3.63, 3.8) is 0 Å². The third kappa shape index (κ3) is 1.96. The topological polar surface area (TPSA) is 3.24 Å². The Labute approximate surface area is 88.7 Å². The van der Waals surface area contributed by atoms with Crippen LogP contribution in [-0.4, -0.2) is 13.6 Å². The van der Waals surface area contributed by atoms with Gasteiger partial charge in [0.15, 0.2) is 0 Å². The van der Waals surface area contributed by atoms with Crippen LogP contribution in [0.25, 0.3) is 0 Å². The van der Waals surface area contributed by atoms with Crippen molar-refractivity contribution in [1.82, 2.24) is 0 Å². The number of nitrogens with zero attached hydrogens (tertiary/aromatic N) is 1. The van der Waals surface area contributed by atoms with Gasteiger partial charge in [0.05, 0.1) is 0 Å². The number of benzene rings is 1. The molecule has 0 radical (unpaired) electrons. The Balaban J connectivity index is 2.39. The van der Waals surface area contributed by atoms with Gasteiger partial charge < -0.3 is 4.90 Å². The van der Waals surface area contributed by atoms with Crippen molar-refractivity contribution < 1.29 is 8.78 Å². The minimum absolute atomic E-state index is 0.121. The first kappa shape index (κ1) is 10.4. The van der Waals surface area contributed by atoms with E-state index < -0.39 is 6.43 Å². The fourth-order valence-electron chi connectivity index (χ4n) is 2.25. The summed E-state index contributed by atoms with van der Waals surface area (Å²) in [5.74, 6) is 0.597. The molecule has 2 rings (SSSR count). The maximum atomic E-state index is 12.5. The van der Waals surface area contributed by atoms with Gasteiger partial charge in [-0.05, 0) is 24.0 Å². The lowest BCUT2D eigenvalue weighted by Gasteiger charge is -2.32. The van der Waals surface area contributed by atoms with Crippen LogP contribution in [0.2, 0.25) is 0 Å². The average molecular weight is 211 g/mol. The standard InChI is InChI=1S/C12H15F2N/c1-8-5-9-3-4-10(12(13)14)6-11(9)15(2)7-8/h3-4,6,8,12H,5,7H2,1-2H3. The summed E-state index contributed by atoms with van der Waals surface area (Å²) in [6, 6.07) is 4.99. The lowest BCUT2D eigenvalue weighted by Crippen LogP contribution is -2.30. The van der Waals surface area contributed by atoms with E-state index >= 15 is 0 Å². The molecule has 1 aromatic carbocycles. The summed E-state index contributed by atoms with van der Waals surface area (Å²) >= 11 is 0. The Bertz CT molecular complexity index is 363. The highest BCUT2D eigenvalue weighted by Gasteiger charge is 2.20. The van der Waals surface area contributed by atoms with E-state index in [9.17, 15) is 8.78 Å². The minimum atomic E-state index is -2.37. The van der Waals surface area contributed by atoms with E-state index in [4.69, 9.17) is 0 Å². The molecule has 0 aromatic heterocycles. The predicted octanol–water partition coefficient (Wildman–Crippen LogP) is 3.25. The van der Waals surface area contributed by atoms with Gasteiger partial charge >= 0.3 is 0 Å². The molecule has 0 saturated carbocycles. The van der Waals surface area contributed by atoms with Gasteiger partial charge in [0, 0.05) is 24.8 Å². The Morgan fingerprint density at radius 2 is 2.13 bits per heavy atom. The molecule has 1 atom stereocenters. The van der Waals surface area contributed by atoms with E-state index in [2.05, 4.69) is 11.8 Å². The normalized spacial score (nSPS) is 20.6. The molecule has 0 N–H and O–H groups in total. The van der Waals surface area contributed by atoms with Crippen LogP contribution >= 0.6 is 0 Å². The molecular weight excluding hydrogens is 196 g/mol. The molecule has 0 amide bonds. The number of alkyl halides is 2. The van der Waals surface area contributed by atoms with Gasteiger partial charge in [0.2, 0.25) is 0 Å². The maximum absolute atomic E-state index is 12.5. The molecule has 1 heterocycles. The summed E-state index contributed by atoms with van der Waals surface area (Å²) in [5, 5.41) is 0. The van der Waals surface area contributed by atoms with Crippen LogP contribution in [0.5, 0.6) is 0 Å². The SMILES string of the molecule is CC1Cc2ccc(C(F)F)cc2N(C)C1. The molecule has 15 heavy (non-hydrogen) atoms. The summed E-state index contributed by atoms with van der Waals surface area (Å²) in [4.78, 5) is 2.06. The van der Waals surface area contributed by atoms with Crippen molar-refractivity contribution in [1.29, 1.82) is 0 Å². The fraction of sp³-hybridized carbons (Fsp3) is 0.500. The van der Waals surface area contributed by atoms with Gasteiger partial charge in [-0.2, -0.15) is 0 Å². The molecule has 1 nitrogen and oxygen atoms in total. The molecule has 1 aliphatic heterocycles. The molecule has 0 aliphatic carbocycles. The number of rotatable bonds is 1. The lowest BCUT2D eigenvalue weighted by atomic mass is 9.93. The molecule has 82 valence electrons. The highest BCUT2D eigenvalue weighted by atomic mass is 19.3. The van der Waals surface area contributed by atoms with Crippen molar-refractivity contribution >= 4 is 5.69 Å². The summed E-state index contributed by atoms with van der Waals surface area (Å²) in [6.07, 6.45) is -1.38. The average Bonchev–Trinajstić information content (AvgIpc) is 2.16. The van der Waals surface area contributed by atoms with Gasteiger partial charge in [0.25, 0.3) is 6.43 Å². The second kappa shape index (κ2) is 3.80. The van der Waals surface area contributed by atoms with E-state index in [0.29, 0.717) is 5.92 Å². The van der Waals surface area contributed by atoms with E-state index in [-0.39, 0.29) is 5.56 Å². The summed E-state index contributed by atoms with van der Waals surface area (Å²) in [5.41, 5.74) is 2.27. The van der Waals surface area contributed by atoms with E-state index in [1.54, 1.807) is 6.07 Å². The Morgan fingerprint density at radius 1 is 1.40 bits per heavy atom. The number of anilines is 1. The minimum Gasteiger partial charge on any atom is -0.374 e. The molecule has 0 bridgehead atoms. The third-order valence-electron chi connectivity index (χ3n) is 2.93. The fourth-order valence-corrected chi connectivity index (χ4v) is 2.25. The van der Waals surface area contributed by atoms with E-state index in [0.717, 1.165) is 18.7 Å². The number of fused-ring (bicyclic) bond motifs is 1. The zero-order valence-electron chi connectivity index (χ0n) is 9.00. The quantitative estimate of drug-likeness (QED) is 0.689. The Morgan fingerprint density at radius 3 is 2.80 bits per heavy atom. The monoisotopic (exact) mass is 211 g/mol. The molecule has 0 fully saturated rings. The second-order valence-electron chi connectivity index (χ2n) is 4.38. The molecule has 3 heteroatoms. The zero-order chi connectivity index (χ0) is 11.0. The summed E-state index contributed by atoms with van der Waals surface area (Å²) in [7, 11) is 1.96. The van der Waals surface area contributed by atoms with Gasteiger partial charge in [-0.3, -0.25) is 0 Å². The number of hydrogen-bond donors (Lipinski definition) is 0. The van der Waals surface area contributed by atoms with Crippen molar-refractivity contribution in [2.75, 3.05) is 18.5 Å². The predicted molar refractivity (Wildman–Crippen MR) is 57.5 cm³/mol. The highest BCUT2D eigenvalue weighted by Crippen LogP contribution is 2.32. The van der Waals surface area contributed by atoms with E-state index in [1.807, 2.05) is 13.1 Å². The van der Waals surface area contributed by atoms with E-state index in [1.165, 1.54) is 11.6 Å². The van der Waals surface area contributed by atoms with Crippen LogP contribution in [0.1, 0.15) is 24.5 Å². The molecule has 1 aliphatic rings. The molecular formula is C12H15F2N. The summed E-state index contributed by atoms with van der Waals surface area (Å²) in [6.45, 7) is 3.13. The van der Waals surface area contributed by atoms with Crippen LogP contribution in [0, 0.1) is 5.92 Å². The lowest BCUT2D eigenvalue weighted by molar-refractivity contribution is 0.151. The summed E-state index contributed by atoms with van der Waals surface area (Å²) < 4.78 is 25.0. The maximum Gasteiger partial charge on any atom is 0.263 e. The van der Waals surface area contributed by atoms with Crippen LogP contribution < -0.4 is 4.90 Å². The molecule has 1 unspecified atom stereocenters. The molecule has 0 saturated heterocycles. The van der Waals surface area contributed by atoms with Crippen molar-refractivity contribution in [2.45, 2.75) is 19.8 Å². The van der Waals surface area contributed by atoms with Gasteiger partial charge in [-0.1, -0.05) is 19.1 Å². The Hall–Kier alpha value is -1.12. The van der Waals surface area contributed by atoms with Crippen LogP contribution in [0.4, 0.5) is 14.5 Å². The largest absolute Gasteiger partial charge is 0.374 e. The van der Waals surface area contributed by atoms with Crippen LogP contribution in [0.15, 0.2) is 18.2 Å². The van der Waals surface area contributed by atoms with Crippen LogP contribution in [0.3, 0.4) is 0 Å². The van der Waals surface area contributed by atoms with Crippen molar-refractivity contribution in [3.05, 3.63) is 29.3 Å². The van der Waals surface area contributed by atoms with Crippen molar-refractivity contribution in [3.8, 4) is 0 Å². The third-order valence-corrected chi connectivity index (χ3v) is 2.93. The first-order chi connectivity index (χ1) is 7.08. The van der Waals surface area contributed by atoms with Gasteiger partial charge in [-0.25, -0.2) is 8.78 Å². The van der Waals surface area contributed by atoms with Crippen LogP contribution in [-0.2, 0) is 6.42 Å². The molecule has 1 aromatic rings. The Kier molecular flexibility index (Phi) is 2.63. The van der Waals surface area contributed by atoms with Gasteiger partial charge in [-0.15, -0.1) is 0 Å². The first-order valence-corrected chi connectivity index (χ1v) is 5.20.